The van der Waals surface area contributed by atoms with E-state index in [4.69, 9.17) is 43.0 Å². The van der Waals surface area contributed by atoms with Crippen molar-refractivity contribution >= 4 is 46.8 Å². The second kappa shape index (κ2) is 13.0. The highest BCUT2D eigenvalue weighted by molar-refractivity contribution is 6.32. The minimum Gasteiger partial charge on any atom is -0.478 e. The van der Waals surface area contributed by atoms with E-state index >= 15 is 0 Å². The molecule has 4 atom stereocenters. The summed E-state index contributed by atoms with van der Waals surface area (Å²) in [6, 6.07) is 8.24. The molecule has 4 aromatic rings. The van der Waals surface area contributed by atoms with Gasteiger partial charge in [-0.1, -0.05) is 35.3 Å². The van der Waals surface area contributed by atoms with Crippen molar-refractivity contribution in [2.24, 2.45) is 23.7 Å². The Morgan fingerprint density at radius 1 is 0.771 bits per heavy atom. The molecule has 0 spiro atoms. The molecule has 6 heterocycles. The molecule has 4 aromatic heterocycles. The zero-order valence-corrected chi connectivity index (χ0v) is 28.7. The highest BCUT2D eigenvalue weighted by Crippen LogP contribution is 2.46. The Morgan fingerprint density at radius 3 is 1.60 bits per heavy atom. The molecule has 8 rings (SSSR count). The third-order valence-electron chi connectivity index (χ3n) is 9.79. The normalized spacial score (nSPS) is 21.8. The Bertz CT molecular complexity index is 1860. The summed E-state index contributed by atoms with van der Waals surface area (Å²) in [7, 11) is 0. The molecule has 2 saturated heterocycles. The molecule has 2 saturated carbocycles. The van der Waals surface area contributed by atoms with Crippen LogP contribution >= 0.6 is 23.2 Å². The van der Waals surface area contributed by atoms with Crippen molar-refractivity contribution in [3.63, 3.8) is 0 Å². The topological polar surface area (TPSA) is 132 Å². The molecule has 2 aliphatic heterocycles. The van der Waals surface area contributed by atoms with Crippen molar-refractivity contribution in [3.05, 3.63) is 80.6 Å². The van der Waals surface area contributed by atoms with E-state index in [2.05, 4.69) is 32.1 Å². The lowest BCUT2D eigenvalue weighted by atomic mass is 10.2. The number of esters is 1. The first kappa shape index (κ1) is 32.4. The summed E-state index contributed by atoms with van der Waals surface area (Å²) in [5, 5.41) is 17.5. The molecule has 0 bridgehead atoms. The van der Waals surface area contributed by atoms with Gasteiger partial charge >= 0.3 is 11.9 Å². The van der Waals surface area contributed by atoms with Crippen LogP contribution in [0.25, 0.3) is 0 Å². The minimum absolute atomic E-state index is 0.0102. The number of ether oxygens (including phenoxy) is 1. The van der Waals surface area contributed by atoms with Crippen LogP contribution in [0.4, 0.5) is 11.6 Å². The lowest BCUT2D eigenvalue weighted by Gasteiger charge is -2.20. The number of nitrogens with zero attached hydrogens (tertiary/aromatic N) is 8. The standard InChI is InChI=1S/C18H21ClN4O2.C16H17ClN4O2/c1-3-25-18(24)15-10-23(21-17(15)19)9-12-4-5-16(20-11(12)2)22-7-13-6-14(13)8-22;1-9-10(7-21-8-13(16(22)23)15(17)19-21)2-3-14(18-9)20-5-11-4-12(11)6-20/h4-5,10,13-14H,3,6-9H2,1-2H3;2-3,8,11-12H,4-7H2,1H3,(H,22,23). The van der Waals surface area contributed by atoms with Crippen molar-refractivity contribution in [1.82, 2.24) is 29.5 Å². The molecule has 4 fully saturated rings. The average Bonchev–Trinajstić information content (AvgIpc) is 3.67. The third-order valence-corrected chi connectivity index (χ3v) is 10.3. The fourth-order valence-corrected chi connectivity index (χ4v) is 7.26. The summed E-state index contributed by atoms with van der Waals surface area (Å²) in [6.45, 7) is 11.5. The third kappa shape index (κ3) is 6.86. The van der Waals surface area contributed by atoms with Crippen LogP contribution in [0.2, 0.25) is 10.3 Å². The monoisotopic (exact) mass is 692 g/mol. The van der Waals surface area contributed by atoms with Gasteiger partial charge < -0.3 is 19.6 Å². The van der Waals surface area contributed by atoms with E-state index in [-0.39, 0.29) is 15.9 Å². The van der Waals surface area contributed by atoms with Gasteiger partial charge in [-0.15, -0.1) is 0 Å². The van der Waals surface area contributed by atoms with Gasteiger partial charge in [0.05, 0.1) is 19.7 Å². The van der Waals surface area contributed by atoms with Crippen molar-refractivity contribution in [2.45, 2.75) is 46.7 Å². The lowest BCUT2D eigenvalue weighted by molar-refractivity contribution is 0.0526. The van der Waals surface area contributed by atoms with E-state index in [1.165, 1.54) is 19.0 Å². The summed E-state index contributed by atoms with van der Waals surface area (Å²) in [6.07, 6.45) is 5.84. The van der Waals surface area contributed by atoms with Gasteiger partial charge in [-0.2, -0.15) is 10.2 Å². The van der Waals surface area contributed by atoms with E-state index < -0.39 is 11.9 Å². The van der Waals surface area contributed by atoms with E-state index in [1.54, 1.807) is 22.5 Å². The largest absolute Gasteiger partial charge is 0.478 e. The van der Waals surface area contributed by atoms with Crippen LogP contribution < -0.4 is 9.80 Å². The summed E-state index contributed by atoms with van der Waals surface area (Å²) >= 11 is 11.9. The van der Waals surface area contributed by atoms with Crippen molar-refractivity contribution < 1.29 is 19.4 Å². The smallest absolute Gasteiger partial charge is 0.342 e. The number of anilines is 2. The minimum atomic E-state index is -1.07. The van der Waals surface area contributed by atoms with Crippen molar-refractivity contribution in [2.75, 3.05) is 42.6 Å². The van der Waals surface area contributed by atoms with E-state index in [0.717, 1.165) is 84.0 Å². The Balaban J connectivity index is 0.000000152. The van der Waals surface area contributed by atoms with Gasteiger partial charge in [0, 0.05) is 50.0 Å². The molecule has 4 unspecified atom stereocenters. The number of aromatic carboxylic acids is 1. The zero-order valence-electron chi connectivity index (χ0n) is 27.1. The number of carbonyl (C=O) groups is 2. The van der Waals surface area contributed by atoms with Crippen LogP contribution in [0.15, 0.2) is 36.7 Å². The van der Waals surface area contributed by atoms with Crippen LogP contribution in [0.3, 0.4) is 0 Å². The maximum atomic E-state index is 11.8. The first-order valence-electron chi connectivity index (χ1n) is 16.4. The highest BCUT2D eigenvalue weighted by atomic mass is 35.5. The number of carbonyl (C=O) groups excluding carboxylic acids is 1. The molecule has 0 aromatic carbocycles. The predicted molar refractivity (Wildman–Crippen MR) is 181 cm³/mol. The summed E-state index contributed by atoms with van der Waals surface area (Å²) < 4.78 is 8.18. The Morgan fingerprint density at radius 2 is 1.21 bits per heavy atom. The molecule has 252 valence electrons. The quantitative estimate of drug-likeness (QED) is 0.229. The molecular formula is C34H38Cl2N8O4. The number of halogens is 2. The van der Waals surface area contributed by atoms with Crippen molar-refractivity contribution in [3.8, 4) is 0 Å². The molecule has 2 aliphatic carbocycles. The number of rotatable bonds is 9. The second-order valence-electron chi connectivity index (χ2n) is 13.2. The second-order valence-corrected chi connectivity index (χ2v) is 14.0. The van der Waals surface area contributed by atoms with Gasteiger partial charge in [0.2, 0.25) is 0 Å². The number of fused-ring (bicyclic) bond motifs is 2. The number of piperidine rings is 2. The van der Waals surface area contributed by atoms with Gasteiger partial charge in [0.15, 0.2) is 10.3 Å². The van der Waals surface area contributed by atoms with Crippen LogP contribution in [-0.2, 0) is 17.8 Å². The zero-order chi connectivity index (χ0) is 33.7. The van der Waals surface area contributed by atoms with Crippen LogP contribution in [0, 0.1) is 37.5 Å². The molecule has 4 aliphatic rings. The first-order chi connectivity index (χ1) is 23.1. The molecule has 48 heavy (non-hydrogen) atoms. The lowest BCUT2D eigenvalue weighted by Crippen LogP contribution is -2.23. The highest BCUT2D eigenvalue weighted by Gasteiger charge is 2.46. The Labute approximate surface area is 288 Å². The maximum absolute atomic E-state index is 11.8. The SMILES string of the molecule is CCOC(=O)c1cn(Cc2ccc(N3CC4CC4C3)nc2C)nc1Cl.Cc1nc(N2CC3CC3C2)ccc1Cn1cc(C(=O)O)c(Cl)n1. The maximum Gasteiger partial charge on any atom is 0.342 e. The predicted octanol–water partition coefficient (Wildman–Crippen LogP) is 5.36. The Kier molecular flexibility index (Phi) is 8.80. The Hall–Kier alpha value is -4.16. The van der Waals surface area contributed by atoms with Gasteiger partial charge in [-0.3, -0.25) is 9.36 Å². The number of carboxylic acid groups (broad SMARTS) is 1. The van der Waals surface area contributed by atoms with E-state index in [1.807, 2.05) is 26.0 Å². The van der Waals surface area contributed by atoms with Crippen LogP contribution in [0.1, 0.15) is 63.0 Å². The van der Waals surface area contributed by atoms with Gasteiger partial charge in [-0.05, 0) is 80.5 Å². The first-order valence-corrected chi connectivity index (χ1v) is 17.1. The van der Waals surface area contributed by atoms with Crippen molar-refractivity contribution in [1.29, 1.82) is 0 Å². The number of hydrogen-bond donors (Lipinski definition) is 1. The average molecular weight is 694 g/mol. The molecule has 12 nitrogen and oxygen atoms in total. The number of pyridine rings is 2. The van der Waals surface area contributed by atoms with Gasteiger partial charge in [-0.25, -0.2) is 19.6 Å². The van der Waals surface area contributed by atoms with E-state index in [0.29, 0.717) is 25.3 Å². The fourth-order valence-electron chi connectivity index (χ4n) is 6.81. The van der Waals surface area contributed by atoms with Crippen LogP contribution in [-0.4, -0.2) is 79.4 Å². The summed E-state index contributed by atoms with van der Waals surface area (Å²) in [5.74, 6) is 4.08. The molecule has 1 N–H and O–H groups in total. The number of aryl methyl sites for hydroxylation is 2. The van der Waals surface area contributed by atoms with Gasteiger partial charge in [0.1, 0.15) is 22.8 Å². The number of aromatic nitrogens is 6. The molecule has 0 radical (unpaired) electrons. The van der Waals surface area contributed by atoms with Crippen LogP contribution in [0.5, 0.6) is 0 Å². The molecular weight excluding hydrogens is 655 g/mol. The number of carboxylic acids is 1. The van der Waals surface area contributed by atoms with E-state index in [9.17, 15) is 9.59 Å². The number of hydrogen-bond acceptors (Lipinski definition) is 9. The fraction of sp³-hybridized carbons (Fsp3) is 0.471. The molecule has 0 amide bonds. The summed E-state index contributed by atoms with van der Waals surface area (Å²) in [4.78, 5) is 37.1. The van der Waals surface area contributed by atoms with Gasteiger partial charge in [0.25, 0.3) is 0 Å². The summed E-state index contributed by atoms with van der Waals surface area (Å²) in [5.41, 5.74) is 4.29. The molecule has 14 heteroatoms.